The highest BCUT2D eigenvalue weighted by Gasteiger charge is 2.31. The number of nitrogens with one attached hydrogen (secondary N) is 1. The smallest absolute Gasteiger partial charge is 0.240 e. The fraction of sp³-hybridized carbons (Fsp3) is 0.533. The van der Waals surface area contributed by atoms with Gasteiger partial charge in [-0.25, -0.2) is 0 Å². The van der Waals surface area contributed by atoms with Crippen LogP contribution in [0.25, 0.3) is 0 Å². The van der Waals surface area contributed by atoms with E-state index in [1.165, 1.54) is 0 Å². The fourth-order valence-electron chi connectivity index (χ4n) is 2.49. The molecule has 1 aliphatic heterocycles. The summed E-state index contributed by atoms with van der Waals surface area (Å²) in [6.07, 6.45) is 0.871. The van der Waals surface area contributed by atoms with Crippen LogP contribution in [0.2, 0.25) is 5.02 Å². The molecule has 0 saturated carbocycles. The maximum absolute atomic E-state index is 12.5. The van der Waals surface area contributed by atoms with Gasteiger partial charge in [-0.15, -0.1) is 0 Å². The predicted molar refractivity (Wildman–Crippen MR) is 79.7 cm³/mol. The van der Waals surface area contributed by atoms with Crippen LogP contribution in [-0.4, -0.2) is 43.2 Å². The van der Waals surface area contributed by atoms with Crippen LogP contribution in [0.5, 0.6) is 0 Å². The molecule has 4 nitrogen and oxygen atoms in total. The highest BCUT2D eigenvalue weighted by atomic mass is 35.5. The van der Waals surface area contributed by atoms with Crippen LogP contribution in [0.1, 0.15) is 18.9 Å². The Hall–Kier alpha value is -1.10. The van der Waals surface area contributed by atoms with Gasteiger partial charge in [0.25, 0.3) is 0 Å². The third kappa shape index (κ3) is 3.72. The summed E-state index contributed by atoms with van der Waals surface area (Å²) in [6, 6.07) is 7.49. The summed E-state index contributed by atoms with van der Waals surface area (Å²) in [5, 5.41) is 3.93. The predicted octanol–water partition coefficient (Wildman–Crippen LogP) is 2.07. The molecule has 1 fully saturated rings. The van der Waals surface area contributed by atoms with E-state index in [4.69, 9.17) is 16.3 Å². The van der Waals surface area contributed by atoms with E-state index < -0.39 is 0 Å². The molecule has 0 aliphatic carbocycles. The van der Waals surface area contributed by atoms with Crippen molar-refractivity contribution >= 4 is 17.5 Å². The van der Waals surface area contributed by atoms with Crippen molar-refractivity contribution in [2.24, 2.45) is 0 Å². The maximum atomic E-state index is 12.5. The number of nitrogens with zero attached hydrogens (tertiary/aromatic N) is 1. The molecule has 1 aromatic carbocycles. The Balaban J connectivity index is 1.99. The third-order valence-corrected chi connectivity index (χ3v) is 3.91. The Bertz CT molecular complexity index is 467. The van der Waals surface area contributed by atoms with E-state index in [9.17, 15) is 4.79 Å². The van der Waals surface area contributed by atoms with E-state index in [0.717, 1.165) is 18.5 Å². The topological polar surface area (TPSA) is 41.6 Å². The van der Waals surface area contributed by atoms with Crippen LogP contribution in [0.4, 0.5) is 0 Å². The standard InChI is InChI=1S/C15H21ClN2O2/c1-3-18(10-11-5-4-6-12(16)7-11)15(19)14-8-13(20-2)9-17-14/h4-7,13-14,17H,3,8-10H2,1-2H3/t13-,14-/m1/s1. The molecule has 1 N–H and O–H groups in total. The second-order valence-corrected chi connectivity index (χ2v) is 5.47. The minimum atomic E-state index is -0.140. The molecule has 0 spiro atoms. The number of halogens is 1. The molecule has 1 aliphatic rings. The Kier molecular flexibility index (Phi) is 5.40. The molecule has 110 valence electrons. The van der Waals surface area contributed by atoms with Crippen molar-refractivity contribution in [3.05, 3.63) is 34.9 Å². The zero-order chi connectivity index (χ0) is 14.5. The number of likely N-dealkylation sites (N-methyl/N-ethyl adjacent to an activating group) is 1. The fourth-order valence-corrected chi connectivity index (χ4v) is 2.71. The number of methoxy groups -OCH3 is 1. The number of amides is 1. The normalized spacial score (nSPS) is 21.9. The monoisotopic (exact) mass is 296 g/mol. The molecule has 2 rings (SSSR count). The molecule has 0 radical (unpaired) electrons. The number of benzene rings is 1. The van der Waals surface area contributed by atoms with Crippen molar-refractivity contribution in [2.45, 2.75) is 32.0 Å². The van der Waals surface area contributed by atoms with Crippen molar-refractivity contribution < 1.29 is 9.53 Å². The van der Waals surface area contributed by atoms with Crippen LogP contribution in [0.15, 0.2) is 24.3 Å². The molecule has 0 bridgehead atoms. The quantitative estimate of drug-likeness (QED) is 0.904. The van der Waals surface area contributed by atoms with E-state index in [0.29, 0.717) is 18.1 Å². The van der Waals surface area contributed by atoms with Gasteiger partial charge in [0.05, 0.1) is 12.1 Å². The lowest BCUT2D eigenvalue weighted by atomic mass is 10.1. The molecular weight excluding hydrogens is 276 g/mol. The number of ether oxygens (including phenoxy) is 1. The molecule has 1 heterocycles. The zero-order valence-electron chi connectivity index (χ0n) is 11.9. The van der Waals surface area contributed by atoms with Gasteiger partial charge in [-0.3, -0.25) is 4.79 Å². The van der Waals surface area contributed by atoms with E-state index in [2.05, 4.69) is 5.32 Å². The van der Waals surface area contributed by atoms with E-state index in [-0.39, 0.29) is 18.1 Å². The third-order valence-electron chi connectivity index (χ3n) is 3.68. The summed E-state index contributed by atoms with van der Waals surface area (Å²) in [6.45, 7) is 4.00. The summed E-state index contributed by atoms with van der Waals surface area (Å²) in [5.74, 6) is 0.132. The van der Waals surface area contributed by atoms with Gasteiger partial charge in [-0.2, -0.15) is 0 Å². The Labute approximate surface area is 125 Å². The van der Waals surface area contributed by atoms with Crippen molar-refractivity contribution in [1.82, 2.24) is 10.2 Å². The van der Waals surface area contributed by atoms with Crippen LogP contribution in [0, 0.1) is 0 Å². The number of carbonyl (C=O) groups excluding carboxylic acids is 1. The zero-order valence-corrected chi connectivity index (χ0v) is 12.7. The largest absolute Gasteiger partial charge is 0.380 e. The first-order valence-corrected chi connectivity index (χ1v) is 7.31. The molecule has 2 atom stereocenters. The van der Waals surface area contributed by atoms with Crippen LogP contribution in [-0.2, 0) is 16.1 Å². The van der Waals surface area contributed by atoms with Crippen LogP contribution in [0.3, 0.4) is 0 Å². The number of rotatable bonds is 5. The molecular formula is C15H21ClN2O2. The molecule has 1 saturated heterocycles. The summed E-state index contributed by atoms with van der Waals surface area (Å²) in [5.41, 5.74) is 1.05. The molecule has 20 heavy (non-hydrogen) atoms. The van der Waals surface area contributed by atoms with Gasteiger partial charge < -0.3 is 15.0 Å². The van der Waals surface area contributed by atoms with Crippen molar-refractivity contribution in [2.75, 3.05) is 20.2 Å². The van der Waals surface area contributed by atoms with Crippen molar-refractivity contribution in [3.63, 3.8) is 0 Å². The molecule has 1 amide bonds. The second kappa shape index (κ2) is 7.07. The van der Waals surface area contributed by atoms with Gasteiger partial charge in [-0.05, 0) is 31.0 Å². The summed E-state index contributed by atoms with van der Waals surface area (Å²) in [7, 11) is 1.68. The number of hydrogen-bond acceptors (Lipinski definition) is 3. The first-order chi connectivity index (χ1) is 9.63. The van der Waals surface area contributed by atoms with Gasteiger partial charge >= 0.3 is 0 Å². The summed E-state index contributed by atoms with van der Waals surface area (Å²) in [4.78, 5) is 14.4. The lowest BCUT2D eigenvalue weighted by Gasteiger charge is -2.24. The van der Waals surface area contributed by atoms with Gasteiger partial charge in [0.1, 0.15) is 0 Å². The van der Waals surface area contributed by atoms with Crippen molar-refractivity contribution in [3.8, 4) is 0 Å². The van der Waals surface area contributed by atoms with Gasteiger partial charge in [-0.1, -0.05) is 23.7 Å². The maximum Gasteiger partial charge on any atom is 0.240 e. The average molecular weight is 297 g/mol. The summed E-state index contributed by atoms with van der Waals surface area (Å²) >= 11 is 5.98. The lowest BCUT2D eigenvalue weighted by molar-refractivity contribution is -0.133. The highest BCUT2D eigenvalue weighted by molar-refractivity contribution is 6.30. The molecule has 5 heteroatoms. The Morgan fingerprint density at radius 1 is 1.55 bits per heavy atom. The number of carbonyl (C=O) groups is 1. The Morgan fingerprint density at radius 3 is 2.95 bits per heavy atom. The minimum Gasteiger partial charge on any atom is -0.380 e. The minimum absolute atomic E-state index is 0.132. The average Bonchev–Trinajstić information content (AvgIpc) is 2.93. The van der Waals surface area contributed by atoms with E-state index >= 15 is 0 Å². The number of hydrogen-bond donors (Lipinski definition) is 1. The highest BCUT2D eigenvalue weighted by Crippen LogP contribution is 2.16. The van der Waals surface area contributed by atoms with Crippen LogP contribution >= 0.6 is 11.6 Å². The first kappa shape index (κ1) is 15.3. The molecule has 0 unspecified atom stereocenters. The molecule has 1 aromatic rings. The Morgan fingerprint density at radius 2 is 2.35 bits per heavy atom. The van der Waals surface area contributed by atoms with Crippen LogP contribution < -0.4 is 5.32 Å². The molecule has 0 aromatic heterocycles. The van der Waals surface area contributed by atoms with Gasteiger partial charge in [0, 0.05) is 31.8 Å². The second-order valence-electron chi connectivity index (χ2n) is 5.04. The first-order valence-electron chi connectivity index (χ1n) is 6.93. The summed E-state index contributed by atoms with van der Waals surface area (Å²) < 4.78 is 5.29. The van der Waals surface area contributed by atoms with Crippen molar-refractivity contribution in [1.29, 1.82) is 0 Å². The lowest BCUT2D eigenvalue weighted by Crippen LogP contribution is -2.43. The van der Waals surface area contributed by atoms with Gasteiger partial charge in [0.2, 0.25) is 5.91 Å². The van der Waals surface area contributed by atoms with E-state index in [1.807, 2.05) is 36.1 Å². The van der Waals surface area contributed by atoms with E-state index in [1.54, 1.807) is 7.11 Å². The van der Waals surface area contributed by atoms with Gasteiger partial charge in [0.15, 0.2) is 0 Å². The SMILES string of the molecule is CCN(Cc1cccc(Cl)c1)C(=O)[C@H]1C[C@@H](OC)CN1.